The lowest BCUT2D eigenvalue weighted by Gasteiger charge is -2.38. The Morgan fingerprint density at radius 1 is 1.11 bits per heavy atom. The van der Waals surface area contributed by atoms with E-state index in [0.717, 1.165) is 36.4 Å². The monoisotopic (exact) mass is 377 g/mol. The molecule has 6 rings (SSSR count). The normalized spacial score (nSPS) is 24.0. The van der Waals surface area contributed by atoms with Gasteiger partial charge in [0.25, 0.3) is 0 Å². The molecule has 1 aliphatic carbocycles. The molecule has 7 nitrogen and oxygen atoms in total. The topological polar surface area (TPSA) is 72.9 Å². The van der Waals surface area contributed by atoms with Crippen molar-refractivity contribution in [2.24, 2.45) is 11.8 Å². The maximum Gasteiger partial charge on any atom is 0.156 e. The summed E-state index contributed by atoms with van der Waals surface area (Å²) in [5, 5.41) is 17.1. The maximum atomic E-state index is 14.8. The molecule has 1 saturated carbocycles. The molecule has 3 aromatic heterocycles. The maximum absolute atomic E-state index is 14.8. The van der Waals surface area contributed by atoms with Crippen molar-refractivity contribution in [1.82, 2.24) is 34.9 Å². The average Bonchev–Trinajstić information content (AvgIpc) is 3.32. The van der Waals surface area contributed by atoms with Crippen LogP contribution in [0.2, 0.25) is 0 Å². The fourth-order valence-electron chi connectivity index (χ4n) is 4.69. The van der Waals surface area contributed by atoms with E-state index in [2.05, 4.69) is 25.6 Å². The average molecular weight is 377 g/mol. The van der Waals surface area contributed by atoms with Crippen LogP contribution in [0.4, 0.5) is 4.39 Å². The summed E-state index contributed by atoms with van der Waals surface area (Å²) in [5.41, 5.74) is 5.01. The minimum absolute atomic E-state index is 0.265. The van der Waals surface area contributed by atoms with Crippen LogP contribution in [-0.4, -0.2) is 42.7 Å². The Morgan fingerprint density at radius 3 is 2.86 bits per heavy atom. The van der Waals surface area contributed by atoms with Gasteiger partial charge in [0, 0.05) is 12.1 Å². The van der Waals surface area contributed by atoms with E-state index in [9.17, 15) is 4.39 Å². The summed E-state index contributed by atoms with van der Waals surface area (Å²) in [5.74, 6) is 0.901. The van der Waals surface area contributed by atoms with Gasteiger partial charge in [-0.05, 0) is 62.4 Å². The van der Waals surface area contributed by atoms with Gasteiger partial charge < -0.3 is 5.32 Å². The van der Waals surface area contributed by atoms with Crippen molar-refractivity contribution in [1.29, 1.82) is 0 Å². The number of aryl methyl sites for hydroxylation is 2. The molecule has 1 aliphatic heterocycles. The first kappa shape index (κ1) is 16.1. The SMILES string of the molecule is Cc1cn2nc(-c3cc(F)c4nn(C5CC6CNCC65)nc4c3)cc(C)c2n1. The van der Waals surface area contributed by atoms with Crippen molar-refractivity contribution < 1.29 is 4.39 Å². The van der Waals surface area contributed by atoms with Crippen molar-refractivity contribution in [3.05, 3.63) is 41.5 Å². The van der Waals surface area contributed by atoms with Crippen LogP contribution < -0.4 is 5.32 Å². The van der Waals surface area contributed by atoms with Gasteiger partial charge in [-0.15, -0.1) is 5.10 Å². The van der Waals surface area contributed by atoms with Gasteiger partial charge in [0.05, 0.1) is 23.6 Å². The molecule has 0 spiro atoms. The first-order valence-corrected chi connectivity index (χ1v) is 9.67. The molecule has 4 aromatic rings. The van der Waals surface area contributed by atoms with Crippen molar-refractivity contribution >= 4 is 16.7 Å². The van der Waals surface area contributed by atoms with Crippen molar-refractivity contribution in [2.45, 2.75) is 26.3 Å². The molecule has 142 valence electrons. The minimum atomic E-state index is -0.361. The molecule has 0 amide bonds. The molecule has 1 aromatic carbocycles. The standard InChI is InChI=1S/C20H20FN7/c1-10-3-16(24-27-9-11(2)23-20(10)27)12-4-15(21)19-17(5-12)25-28(26-19)18-6-13-7-22-8-14(13)18/h3-5,9,13-14,18,22H,6-8H2,1-2H3. The number of hydrogen-bond donors (Lipinski definition) is 1. The number of aromatic nitrogens is 6. The Kier molecular flexibility index (Phi) is 3.21. The summed E-state index contributed by atoms with van der Waals surface area (Å²) < 4.78 is 16.6. The zero-order valence-corrected chi connectivity index (χ0v) is 15.7. The molecule has 4 heterocycles. The molecule has 1 N–H and O–H groups in total. The molecule has 28 heavy (non-hydrogen) atoms. The second kappa shape index (κ2) is 5.57. The summed E-state index contributed by atoms with van der Waals surface area (Å²) >= 11 is 0. The van der Waals surface area contributed by atoms with E-state index >= 15 is 0 Å². The Bertz CT molecular complexity index is 1240. The summed E-state index contributed by atoms with van der Waals surface area (Å²) in [6.45, 7) is 5.99. The summed E-state index contributed by atoms with van der Waals surface area (Å²) in [6, 6.07) is 5.58. The van der Waals surface area contributed by atoms with E-state index in [1.807, 2.05) is 32.2 Å². The lowest BCUT2D eigenvalue weighted by molar-refractivity contribution is 0.105. The lowest BCUT2D eigenvalue weighted by atomic mass is 9.72. The molecule has 1 saturated heterocycles. The van der Waals surface area contributed by atoms with Gasteiger partial charge in [0.15, 0.2) is 11.5 Å². The van der Waals surface area contributed by atoms with E-state index in [1.165, 1.54) is 6.07 Å². The second-order valence-electron chi connectivity index (χ2n) is 8.09. The Morgan fingerprint density at radius 2 is 2.00 bits per heavy atom. The molecule has 2 aliphatic rings. The molecule has 3 atom stereocenters. The van der Waals surface area contributed by atoms with Gasteiger partial charge in [-0.25, -0.2) is 13.9 Å². The predicted molar refractivity (Wildman–Crippen MR) is 102 cm³/mol. The number of halogens is 1. The number of rotatable bonds is 2. The summed E-state index contributed by atoms with van der Waals surface area (Å²) in [7, 11) is 0. The van der Waals surface area contributed by atoms with Crippen LogP contribution in [0.15, 0.2) is 24.4 Å². The lowest BCUT2D eigenvalue weighted by Crippen LogP contribution is -2.38. The zero-order valence-electron chi connectivity index (χ0n) is 15.7. The Hall–Kier alpha value is -2.87. The largest absolute Gasteiger partial charge is 0.316 e. The van der Waals surface area contributed by atoms with Crippen molar-refractivity contribution in [3.63, 3.8) is 0 Å². The van der Waals surface area contributed by atoms with E-state index in [1.54, 1.807) is 9.31 Å². The van der Waals surface area contributed by atoms with E-state index < -0.39 is 0 Å². The number of benzene rings is 1. The number of imidazole rings is 1. The second-order valence-corrected chi connectivity index (χ2v) is 8.09. The Balaban J connectivity index is 1.44. The number of fused-ring (bicyclic) bond motifs is 3. The van der Waals surface area contributed by atoms with E-state index in [4.69, 9.17) is 0 Å². The van der Waals surface area contributed by atoms with Crippen LogP contribution in [0.5, 0.6) is 0 Å². The number of nitrogens with zero attached hydrogens (tertiary/aromatic N) is 6. The van der Waals surface area contributed by atoms with Crippen LogP contribution >= 0.6 is 0 Å². The third-order valence-electron chi connectivity index (χ3n) is 6.21. The summed E-state index contributed by atoms with van der Waals surface area (Å²) in [6.07, 6.45) is 2.93. The first-order valence-electron chi connectivity index (χ1n) is 9.67. The van der Waals surface area contributed by atoms with Crippen LogP contribution in [0, 0.1) is 31.5 Å². The highest BCUT2D eigenvalue weighted by molar-refractivity contribution is 5.81. The fourth-order valence-corrected chi connectivity index (χ4v) is 4.69. The fraction of sp³-hybridized carbons (Fsp3) is 0.400. The van der Waals surface area contributed by atoms with Gasteiger partial charge in [-0.2, -0.15) is 15.0 Å². The number of nitrogens with one attached hydrogen (secondary N) is 1. The quantitative estimate of drug-likeness (QED) is 0.581. The van der Waals surface area contributed by atoms with Gasteiger partial charge >= 0.3 is 0 Å². The van der Waals surface area contributed by atoms with Crippen LogP contribution in [-0.2, 0) is 0 Å². The molecule has 0 radical (unpaired) electrons. The van der Waals surface area contributed by atoms with Gasteiger partial charge in [-0.3, -0.25) is 0 Å². The molecular formula is C20H20FN7. The highest BCUT2D eigenvalue weighted by Crippen LogP contribution is 2.45. The summed E-state index contributed by atoms with van der Waals surface area (Å²) in [4.78, 5) is 6.20. The number of hydrogen-bond acceptors (Lipinski definition) is 5. The smallest absolute Gasteiger partial charge is 0.156 e. The zero-order chi connectivity index (χ0) is 19.0. The Labute approximate surface area is 160 Å². The first-order chi connectivity index (χ1) is 13.6. The predicted octanol–water partition coefficient (Wildman–Crippen LogP) is 2.68. The third kappa shape index (κ3) is 2.24. The van der Waals surface area contributed by atoms with Crippen LogP contribution in [0.3, 0.4) is 0 Å². The minimum Gasteiger partial charge on any atom is -0.316 e. The molecule has 0 bridgehead atoms. The molecule has 2 fully saturated rings. The van der Waals surface area contributed by atoms with Gasteiger partial charge in [-0.1, -0.05) is 0 Å². The van der Waals surface area contributed by atoms with Crippen molar-refractivity contribution in [2.75, 3.05) is 13.1 Å². The highest BCUT2D eigenvalue weighted by atomic mass is 19.1. The van der Waals surface area contributed by atoms with E-state index in [-0.39, 0.29) is 11.9 Å². The molecular weight excluding hydrogens is 357 g/mol. The molecule has 3 unspecified atom stereocenters. The third-order valence-corrected chi connectivity index (χ3v) is 6.21. The molecule has 8 heteroatoms. The van der Waals surface area contributed by atoms with Crippen molar-refractivity contribution in [3.8, 4) is 11.3 Å². The van der Waals surface area contributed by atoms with Gasteiger partial charge in [0.1, 0.15) is 11.0 Å². The van der Waals surface area contributed by atoms with Gasteiger partial charge in [0.2, 0.25) is 0 Å². The van der Waals surface area contributed by atoms with Crippen LogP contribution in [0.25, 0.3) is 27.9 Å². The van der Waals surface area contributed by atoms with E-state index in [0.29, 0.717) is 34.1 Å². The van der Waals surface area contributed by atoms with Crippen LogP contribution in [0.1, 0.15) is 23.7 Å². The highest BCUT2D eigenvalue weighted by Gasteiger charge is 2.46.